The van der Waals surface area contributed by atoms with Crippen LogP contribution in [0.5, 0.6) is 0 Å². The number of rotatable bonds is 7. The Hall–Kier alpha value is -1.73. The van der Waals surface area contributed by atoms with Gasteiger partial charge in [0.15, 0.2) is 0 Å². The van der Waals surface area contributed by atoms with E-state index in [0.29, 0.717) is 23.9 Å². The highest BCUT2D eigenvalue weighted by Gasteiger charge is 2.32. The summed E-state index contributed by atoms with van der Waals surface area (Å²) in [5.41, 5.74) is 1.07. The molecule has 0 radical (unpaired) electrons. The van der Waals surface area contributed by atoms with Gasteiger partial charge in [-0.1, -0.05) is 34.6 Å². The van der Waals surface area contributed by atoms with E-state index in [1.165, 1.54) is 12.8 Å². The van der Waals surface area contributed by atoms with Crippen LogP contribution in [0.15, 0.2) is 6.07 Å². The van der Waals surface area contributed by atoms with Gasteiger partial charge in [-0.15, -0.1) is 0 Å². The van der Waals surface area contributed by atoms with Crippen LogP contribution >= 0.6 is 0 Å². The molecule has 2 saturated carbocycles. The molecule has 4 rings (SSSR count). The molecule has 3 aliphatic rings. The summed E-state index contributed by atoms with van der Waals surface area (Å²) in [7, 11) is 0. The van der Waals surface area contributed by atoms with Crippen LogP contribution in [-0.4, -0.2) is 70.2 Å². The van der Waals surface area contributed by atoms with Gasteiger partial charge in [0.1, 0.15) is 11.6 Å². The third kappa shape index (κ3) is 7.44. The Balaban J connectivity index is 1.24. The topological polar surface area (TPSA) is 81.6 Å². The minimum atomic E-state index is -0.205. The molecule has 0 bridgehead atoms. The predicted molar refractivity (Wildman–Crippen MR) is 150 cm³/mol. The van der Waals surface area contributed by atoms with Crippen molar-refractivity contribution in [3.05, 3.63) is 17.6 Å². The van der Waals surface area contributed by atoms with E-state index in [4.69, 9.17) is 9.97 Å². The van der Waals surface area contributed by atoms with Crippen LogP contribution in [-0.2, 0) is 10.2 Å². The van der Waals surface area contributed by atoms with Crippen molar-refractivity contribution in [2.75, 3.05) is 31.1 Å². The number of carbonyl (C=O) groups excluding carboxylic acids is 1. The third-order valence-corrected chi connectivity index (χ3v) is 8.81. The number of nitrogens with zero attached hydrogens (tertiary/aromatic N) is 4. The van der Waals surface area contributed by atoms with Gasteiger partial charge in [0.25, 0.3) is 0 Å². The molecule has 2 heterocycles. The maximum absolute atomic E-state index is 12.7. The SMILES string of the molecule is CC(C)c1cc(N2CCN(CCC3CC[C@H](NC(=O)C4CCC(O)CC4)C3)C[C@@H]2C)nc(C(C)(C)C)n1. The molecule has 1 aliphatic heterocycles. The summed E-state index contributed by atoms with van der Waals surface area (Å²) in [6.07, 6.45) is 7.66. The lowest BCUT2D eigenvalue weighted by Crippen LogP contribution is -2.52. The summed E-state index contributed by atoms with van der Waals surface area (Å²) in [6, 6.07) is 2.96. The molecule has 2 N–H and O–H groups in total. The zero-order valence-electron chi connectivity index (χ0n) is 24.2. The van der Waals surface area contributed by atoms with Crippen molar-refractivity contribution in [2.45, 2.75) is 122 Å². The number of nitrogens with one attached hydrogen (secondary N) is 1. The van der Waals surface area contributed by atoms with E-state index in [1.807, 2.05) is 0 Å². The van der Waals surface area contributed by atoms with Gasteiger partial charge in [0, 0.05) is 54.8 Å². The van der Waals surface area contributed by atoms with E-state index in [9.17, 15) is 9.90 Å². The first-order valence-corrected chi connectivity index (χ1v) is 14.9. The smallest absolute Gasteiger partial charge is 0.223 e. The Morgan fingerprint density at radius 1 is 1.11 bits per heavy atom. The number of hydrogen-bond acceptors (Lipinski definition) is 6. The largest absolute Gasteiger partial charge is 0.393 e. The summed E-state index contributed by atoms with van der Waals surface area (Å²) >= 11 is 0. The van der Waals surface area contributed by atoms with E-state index in [1.54, 1.807) is 0 Å². The van der Waals surface area contributed by atoms with Crippen LogP contribution in [0.4, 0.5) is 5.82 Å². The fourth-order valence-electron chi connectivity index (χ4n) is 6.30. The van der Waals surface area contributed by atoms with E-state index >= 15 is 0 Å². The molecule has 1 amide bonds. The van der Waals surface area contributed by atoms with Crippen LogP contribution in [0.3, 0.4) is 0 Å². The summed E-state index contributed by atoms with van der Waals surface area (Å²) in [6.45, 7) is 17.6. The van der Waals surface area contributed by atoms with Crippen molar-refractivity contribution in [1.82, 2.24) is 20.2 Å². The summed E-state index contributed by atoms with van der Waals surface area (Å²) in [5.74, 6) is 3.44. The lowest BCUT2D eigenvalue weighted by atomic mass is 9.86. The third-order valence-electron chi connectivity index (χ3n) is 8.81. The van der Waals surface area contributed by atoms with Crippen LogP contribution in [0.1, 0.15) is 110 Å². The van der Waals surface area contributed by atoms with E-state index in [-0.39, 0.29) is 23.3 Å². The Morgan fingerprint density at radius 2 is 1.84 bits per heavy atom. The first kappa shape index (κ1) is 28.3. The minimum absolute atomic E-state index is 0.0672. The van der Waals surface area contributed by atoms with Crippen molar-refractivity contribution in [3.63, 3.8) is 0 Å². The van der Waals surface area contributed by atoms with Crippen LogP contribution < -0.4 is 10.2 Å². The van der Waals surface area contributed by atoms with Crippen molar-refractivity contribution in [1.29, 1.82) is 0 Å². The van der Waals surface area contributed by atoms with Crippen molar-refractivity contribution >= 4 is 11.7 Å². The highest BCUT2D eigenvalue weighted by molar-refractivity contribution is 5.79. The van der Waals surface area contributed by atoms with Crippen LogP contribution in [0, 0.1) is 11.8 Å². The Labute approximate surface area is 224 Å². The second-order valence-corrected chi connectivity index (χ2v) is 13.4. The average molecular weight is 514 g/mol. The molecule has 1 aromatic rings. The molecular weight excluding hydrogens is 462 g/mol. The zero-order valence-corrected chi connectivity index (χ0v) is 24.2. The van der Waals surface area contributed by atoms with E-state index in [2.05, 4.69) is 62.7 Å². The predicted octanol–water partition coefficient (Wildman–Crippen LogP) is 4.63. The molecule has 2 aliphatic carbocycles. The molecule has 7 nitrogen and oxygen atoms in total. The van der Waals surface area contributed by atoms with E-state index in [0.717, 1.165) is 82.0 Å². The number of aliphatic hydroxyl groups is 1. The summed E-state index contributed by atoms with van der Waals surface area (Å²) in [5, 5.41) is 13.0. The Morgan fingerprint density at radius 3 is 2.49 bits per heavy atom. The van der Waals surface area contributed by atoms with Gasteiger partial charge < -0.3 is 15.3 Å². The second-order valence-electron chi connectivity index (χ2n) is 13.4. The lowest BCUT2D eigenvalue weighted by molar-refractivity contribution is -0.127. The second kappa shape index (κ2) is 12.0. The van der Waals surface area contributed by atoms with Crippen molar-refractivity contribution < 1.29 is 9.90 Å². The lowest BCUT2D eigenvalue weighted by Gasteiger charge is -2.41. The van der Waals surface area contributed by atoms with Gasteiger partial charge in [-0.25, -0.2) is 9.97 Å². The number of aliphatic hydroxyl groups excluding tert-OH is 1. The molecular formula is C30H51N5O2. The monoisotopic (exact) mass is 513 g/mol. The van der Waals surface area contributed by atoms with Crippen molar-refractivity contribution in [2.24, 2.45) is 11.8 Å². The molecule has 3 fully saturated rings. The Kier molecular flexibility index (Phi) is 9.16. The van der Waals surface area contributed by atoms with Gasteiger partial charge in [-0.05, 0) is 76.7 Å². The molecule has 3 atom stereocenters. The molecule has 37 heavy (non-hydrogen) atoms. The van der Waals surface area contributed by atoms with Crippen LogP contribution in [0.25, 0.3) is 0 Å². The normalized spacial score (nSPS) is 29.6. The maximum Gasteiger partial charge on any atom is 0.223 e. The number of anilines is 1. The number of carbonyl (C=O) groups is 1. The van der Waals surface area contributed by atoms with Gasteiger partial charge in [-0.3, -0.25) is 9.69 Å². The van der Waals surface area contributed by atoms with Gasteiger partial charge in [0.05, 0.1) is 6.10 Å². The quantitative estimate of drug-likeness (QED) is 0.553. The maximum atomic E-state index is 12.7. The summed E-state index contributed by atoms with van der Waals surface area (Å²) < 4.78 is 0. The molecule has 1 saturated heterocycles. The molecule has 7 heteroatoms. The van der Waals surface area contributed by atoms with Gasteiger partial charge in [-0.2, -0.15) is 0 Å². The van der Waals surface area contributed by atoms with E-state index < -0.39 is 0 Å². The first-order chi connectivity index (χ1) is 17.5. The summed E-state index contributed by atoms with van der Waals surface area (Å²) in [4.78, 5) is 27.7. The number of amides is 1. The van der Waals surface area contributed by atoms with Gasteiger partial charge >= 0.3 is 0 Å². The first-order valence-electron chi connectivity index (χ1n) is 14.9. The average Bonchev–Trinajstić information content (AvgIpc) is 3.29. The number of hydrogen-bond donors (Lipinski definition) is 2. The minimum Gasteiger partial charge on any atom is -0.393 e. The number of aromatic nitrogens is 2. The molecule has 208 valence electrons. The molecule has 0 spiro atoms. The van der Waals surface area contributed by atoms with Gasteiger partial charge in [0.2, 0.25) is 5.91 Å². The zero-order chi connectivity index (χ0) is 26.7. The Bertz CT molecular complexity index is 906. The highest BCUT2D eigenvalue weighted by Crippen LogP contribution is 2.31. The number of piperazine rings is 1. The fourth-order valence-corrected chi connectivity index (χ4v) is 6.30. The van der Waals surface area contributed by atoms with Crippen molar-refractivity contribution in [3.8, 4) is 0 Å². The standard InChI is InChI=1S/C30H51N5O2/c1-20(2)26-18-27(33-29(32-26)30(4,5)6)35-16-15-34(19-21(35)3)14-13-22-7-10-24(17-22)31-28(37)23-8-11-25(36)12-9-23/h18,20-25,36H,7-17,19H2,1-6H3,(H,31,37)/t21-,22?,23?,24-,25?/m0/s1. The molecule has 0 aromatic carbocycles. The molecule has 1 aromatic heterocycles. The molecule has 1 unspecified atom stereocenters. The highest BCUT2D eigenvalue weighted by atomic mass is 16.3. The fraction of sp³-hybridized carbons (Fsp3) is 0.833. The van der Waals surface area contributed by atoms with Crippen LogP contribution in [0.2, 0.25) is 0 Å².